The van der Waals surface area contributed by atoms with Crippen molar-refractivity contribution in [2.45, 2.75) is 13.5 Å². The van der Waals surface area contributed by atoms with E-state index in [-0.39, 0.29) is 5.82 Å². The molecule has 0 saturated heterocycles. The predicted molar refractivity (Wildman–Crippen MR) is 58.9 cm³/mol. The maximum atomic E-state index is 13.5. The smallest absolute Gasteiger partial charge is 0.167 e. The predicted octanol–water partition coefficient (Wildman–Crippen LogP) is 2.41. The van der Waals surface area contributed by atoms with Gasteiger partial charge in [-0.15, -0.1) is 0 Å². The highest BCUT2D eigenvalue weighted by Crippen LogP contribution is 2.19. The van der Waals surface area contributed by atoms with Crippen molar-refractivity contribution in [2.24, 2.45) is 0 Å². The number of hydrogen-bond donors (Lipinski definition) is 0. The molecule has 4 heteroatoms. The van der Waals surface area contributed by atoms with Crippen molar-refractivity contribution in [3.8, 4) is 5.75 Å². The zero-order chi connectivity index (χ0) is 11.4. The normalized spacial score (nSPS) is 10.4. The van der Waals surface area contributed by atoms with E-state index >= 15 is 0 Å². The molecule has 1 aromatic carbocycles. The number of benzene rings is 1. The third-order valence-corrected chi connectivity index (χ3v) is 2.29. The Labute approximate surface area is 93.5 Å². The molecule has 0 aliphatic heterocycles. The fourth-order valence-electron chi connectivity index (χ4n) is 1.41. The summed E-state index contributed by atoms with van der Waals surface area (Å²) >= 11 is 0. The highest BCUT2D eigenvalue weighted by atomic mass is 19.1. The standard InChI is InChI=1S/C12H13FN2O/c1-10-4-2-5-11(12(10)13)16-9-8-15-7-3-6-14-15/h2-7H,8-9H2,1H3. The van der Waals surface area contributed by atoms with Crippen molar-refractivity contribution in [3.63, 3.8) is 0 Å². The minimum Gasteiger partial charge on any atom is -0.489 e. The SMILES string of the molecule is Cc1cccc(OCCn2cccn2)c1F. The van der Waals surface area contributed by atoms with Crippen LogP contribution in [0.5, 0.6) is 5.75 Å². The Kier molecular flexibility index (Phi) is 3.19. The fourth-order valence-corrected chi connectivity index (χ4v) is 1.41. The number of hydrogen-bond acceptors (Lipinski definition) is 2. The lowest BCUT2D eigenvalue weighted by atomic mass is 10.2. The third-order valence-electron chi connectivity index (χ3n) is 2.29. The van der Waals surface area contributed by atoms with Crippen LogP contribution in [0, 0.1) is 12.7 Å². The van der Waals surface area contributed by atoms with Crippen LogP contribution in [0.4, 0.5) is 4.39 Å². The lowest BCUT2D eigenvalue weighted by Gasteiger charge is -2.08. The van der Waals surface area contributed by atoms with Gasteiger partial charge in [0.1, 0.15) is 6.61 Å². The summed E-state index contributed by atoms with van der Waals surface area (Å²) in [6, 6.07) is 6.97. The molecule has 84 valence electrons. The van der Waals surface area contributed by atoms with Gasteiger partial charge in [-0.1, -0.05) is 12.1 Å². The van der Waals surface area contributed by atoms with Crippen LogP contribution in [-0.4, -0.2) is 16.4 Å². The molecular weight excluding hydrogens is 207 g/mol. The zero-order valence-electron chi connectivity index (χ0n) is 9.06. The van der Waals surface area contributed by atoms with E-state index in [0.29, 0.717) is 24.5 Å². The highest BCUT2D eigenvalue weighted by molar-refractivity contribution is 5.29. The molecular formula is C12H13FN2O. The average Bonchev–Trinajstić information content (AvgIpc) is 2.77. The molecule has 0 fully saturated rings. The van der Waals surface area contributed by atoms with Gasteiger partial charge in [0, 0.05) is 12.4 Å². The molecule has 1 heterocycles. The van der Waals surface area contributed by atoms with Gasteiger partial charge in [0.2, 0.25) is 0 Å². The van der Waals surface area contributed by atoms with Crippen LogP contribution in [0.1, 0.15) is 5.56 Å². The first-order chi connectivity index (χ1) is 7.77. The topological polar surface area (TPSA) is 27.1 Å². The largest absolute Gasteiger partial charge is 0.489 e. The number of rotatable bonds is 4. The molecule has 0 N–H and O–H groups in total. The minimum absolute atomic E-state index is 0.289. The number of aryl methyl sites for hydroxylation is 1. The van der Waals surface area contributed by atoms with Crippen molar-refractivity contribution >= 4 is 0 Å². The molecule has 0 unspecified atom stereocenters. The molecule has 2 rings (SSSR count). The lowest BCUT2D eigenvalue weighted by Crippen LogP contribution is -2.09. The first-order valence-electron chi connectivity index (χ1n) is 5.13. The summed E-state index contributed by atoms with van der Waals surface area (Å²) in [5.74, 6) is 0.00937. The van der Waals surface area contributed by atoms with Crippen LogP contribution in [0.25, 0.3) is 0 Å². The van der Waals surface area contributed by atoms with Gasteiger partial charge in [0.25, 0.3) is 0 Å². The van der Waals surface area contributed by atoms with E-state index in [2.05, 4.69) is 5.10 Å². The summed E-state index contributed by atoms with van der Waals surface area (Å²) in [6.45, 7) is 2.73. The minimum atomic E-state index is -0.289. The molecule has 3 nitrogen and oxygen atoms in total. The van der Waals surface area contributed by atoms with Crippen LogP contribution in [0.15, 0.2) is 36.7 Å². The number of ether oxygens (including phenoxy) is 1. The Morgan fingerprint density at radius 1 is 1.38 bits per heavy atom. The van der Waals surface area contributed by atoms with E-state index < -0.39 is 0 Å². The Hall–Kier alpha value is -1.84. The zero-order valence-corrected chi connectivity index (χ0v) is 9.06. The van der Waals surface area contributed by atoms with Gasteiger partial charge in [0.15, 0.2) is 11.6 Å². The van der Waals surface area contributed by atoms with Gasteiger partial charge >= 0.3 is 0 Å². The van der Waals surface area contributed by atoms with Gasteiger partial charge < -0.3 is 4.74 Å². The number of nitrogens with zero attached hydrogens (tertiary/aromatic N) is 2. The van der Waals surface area contributed by atoms with Crippen LogP contribution >= 0.6 is 0 Å². The first kappa shape index (κ1) is 10.7. The number of aromatic nitrogens is 2. The Morgan fingerprint density at radius 2 is 2.25 bits per heavy atom. The van der Waals surface area contributed by atoms with Crippen LogP contribution < -0.4 is 4.74 Å². The Morgan fingerprint density at radius 3 is 3.00 bits per heavy atom. The molecule has 16 heavy (non-hydrogen) atoms. The molecule has 0 aliphatic rings. The Balaban J connectivity index is 1.92. The van der Waals surface area contributed by atoms with E-state index in [0.717, 1.165) is 0 Å². The van der Waals surface area contributed by atoms with E-state index in [1.165, 1.54) is 0 Å². The fraction of sp³-hybridized carbons (Fsp3) is 0.250. The summed E-state index contributed by atoms with van der Waals surface area (Å²) in [7, 11) is 0. The van der Waals surface area contributed by atoms with Gasteiger partial charge in [-0.25, -0.2) is 4.39 Å². The maximum Gasteiger partial charge on any atom is 0.167 e. The summed E-state index contributed by atoms with van der Waals surface area (Å²) in [6.07, 6.45) is 3.54. The highest BCUT2D eigenvalue weighted by Gasteiger charge is 2.05. The molecule has 0 amide bonds. The Bertz CT molecular complexity index is 454. The van der Waals surface area contributed by atoms with Crippen molar-refractivity contribution in [3.05, 3.63) is 48.0 Å². The molecule has 0 atom stereocenters. The maximum absolute atomic E-state index is 13.5. The van der Waals surface area contributed by atoms with Crippen LogP contribution in [0.2, 0.25) is 0 Å². The van der Waals surface area contributed by atoms with Gasteiger partial charge in [0.05, 0.1) is 6.54 Å². The summed E-state index contributed by atoms with van der Waals surface area (Å²) in [4.78, 5) is 0. The van der Waals surface area contributed by atoms with Crippen molar-refractivity contribution in [2.75, 3.05) is 6.61 Å². The second-order valence-electron chi connectivity index (χ2n) is 3.50. The van der Waals surface area contributed by atoms with Gasteiger partial charge in [-0.2, -0.15) is 5.10 Å². The van der Waals surface area contributed by atoms with Crippen molar-refractivity contribution in [1.82, 2.24) is 9.78 Å². The van der Waals surface area contributed by atoms with E-state index in [4.69, 9.17) is 4.74 Å². The lowest BCUT2D eigenvalue weighted by molar-refractivity contribution is 0.278. The van der Waals surface area contributed by atoms with E-state index in [9.17, 15) is 4.39 Å². The second-order valence-corrected chi connectivity index (χ2v) is 3.50. The van der Waals surface area contributed by atoms with Gasteiger partial charge in [-0.3, -0.25) is 4.68 Å². The molecule has 0 bridgehead atoms. The van der Waals surface area contributed by atoms with Crippen molar-refractivity contribution in [1.29, 1.82) is 0 Å². The molecule has 0 aliphatic carbocycles. The monoisotopic (exact) mass is 220 g/mol. The van der Waals surface area contributed by atoms with E-state index in [1.54, 1.807) is 36.0 Å². The first-order valence-corrected chi connectivity index (χ1v) is 5.13. The van der Waals surface area contributed by atoms with Crippen molar-refractivity contribution < 1.29 is 9.13 Å². The molecule has 1 aromatic heterocycles. The van der Waals surface area contributed by atoms with Gasteiger partial charge in [-0.05, 0) is 24.6 Å². The summed E-state index contributed by atoms with van der Waals surface area (Å²) < 4.78 is 20.6. The quantitative estimate of drug-likeness (QED) is 0.791. The molecule has 2 aromatic rings. The van der Waals surface area contributed by atoms with Crippen LogP contribution in [0.3, 0.4) is 0 Å². The second kappa shape index (κ2) is 4.79. The summed E-state index contributed by atoms with van der Waals surface area (Å²) in [5, 5.41) is 4.03. The molecule has 0 radical (unpaired) electrons. The van der Waals surface area contributed by atoms with Crippen LogP contribution in [-0.2, 0) is 6.54 Å². The average molecular weight is 220 g/mol. The van der Waals surface area contributed by atoms with E-state index in [1.807, 2.05) is 12.3 Å². The number of halogens is 1. The summed E-state index contributed by atoms with van der Waals surface area (Å²) in [5.41, 5.74) is 0.594. The molecule has 0 saturated carbocycles. The molecule has 0 spiro atoms. The third kappa shape index (κ3) is 2.39.